The van der Waals surface area contributed by atoms with Crippen molar-refractivity contribution in [2.45, 2.75) is 78.2 Å². The average Bonchev–Trinajstić information content (AvgIpc) is 2.44. The molecule has 0 aliphatic carbocycles. The molecule has 4 nitrogen and oxygen atoms in total. The Hall–Kier alpha value is -1.27. The number of hydrogen-bond donors (Lipinski definition) is 0. The summed E-state index contributed by atoms with van der Waals surface area (Å²) in [6.45, 7) is 7.72. The number of ether oxygens (including phenoxy) is 2. The summed E-state index contributed by atoms with van der Waals surface area (Å²) in [6, 6.07) is 0. The first-order valence-corrected chi connectivity index (χ1v) is 7.50. The minimum atomic E-state index is -4.61. The molecular formula is C15H25F3O4. The van der Waals surface area contributed by atoms with Crippen molar-refractivity contribution in [1.82, 2.24) is 0 Å². The predicted octanol–water partition coefficient (Wildman–Crippen LogP) is 4.02. The zero-order chi connectivity index (χ0) is 17.6. The Balaban J connectivity index is 4.89. The molecule has 0 aliphatic rings. The van der Waals surface area contributed by atoms with Crippen LogP contribution in [0.25, 0.3) is 0 Å². The Bertz CT molecular complexity index is 375. The van der Waals surface area contributed by atoms with Crippen LogP contribution in [0.3, 0.4) is 0 Å². The van der Waals surface area contributed by atoms with Crippen molar-refractivity contribution in [3.8, 4) is 0 Å². The number of halogens is 3. The second-order valence-electron chi connectivity index (χ2n) is 5.47. The minimum Gasteiger partial charge on any atom is -0.458 e. The van der Waals surface area contributed by atoms with Crippen LogP contribution in [0, 0.1) is 5.92 Å². The number of alkyl halides is 3. The largest absolute Gasteiger partial charge is 0.458 e. The molecule has 0 aromatic carbocycles. The molecule has 0 aromatic heterocycles. The van der Waals surface area contributed by atoms with Gasteiger partial charge in [0.25, 0.3) is 0 Å². The first-order chi connectivity index (χ1) is 10.0. The molecule has 0 saturated heterocycles. The molecule has 0 radical (unpaired) electrons. The van der Waals surface area contributed by atoms with Crippen molar-refractivity contribution in [2.24, 2.45) is 5.92 Å². The molecular weight excluding hydrogens is 301 g/mol. The normalized spacial score (nSPS) is 15.1. The molecule has 0 amide bonds. The summed E-state index contributed by atoms with van der Waals surface area (Å²) in [5, 5.41) is 0. The van der Waals surface area contributed by atoms with Crippen LogP contribution in [0.15, 0.2) is 0 Å². The highest BCUT2D eigenvalue weighted by molar-refractivity contribution is 5.75. The Morgan fingerprint density at radius 1 is 1.05 bits per heavy atom. The molecule has 0 bridgehead atoms. The molecule has 2 unspecified atom stereocenters. The smallest absolute Gasteiger partial charge is 0.425 e. The van der Waals surface area contributed by atoms with Crippen molar-refractivity contribution in [3.05, 3.63) is 0 Å². The monoisotopic (exact) mass is 326 g/mol. The topological polar surface area (TPSA) is 52.6 Å². The Kier molecular flexibility index (Phi) is 7.90. The van der Waals surface area contributed by atoms with Crippen molar-refractivity contribution in [3.63, 3.8) is 0 Å². The molecule has 0 aromatic rings. The number of carbonyl (C=O) groups excluding carboxylic acids is 2. The fourth-order valence-corrected chi connectivity index (χ4v) is 1.73. The summed E-state index contributed by atoms with van der Waals surface area (Å²) in [5.74, 6) is -1.81. The molecule has 22 heavy (non-hydrogen) atoms. The number of rotatable bonds is 8. The van der Waals surface area contributed by atoms with E-state index in [1.807, 2.05) is 6.92 Å². The Labute approximate surface area is 129 Å². The highest BCUT2D eigenvalue weighted by atomic mass is 19.4. The van der Waals surface area contributed by atoms with E-state index < -0.39 is 29.8 Å². The number of hydrogen-bond acceptors (Lipinski definition) is 4. The fourth-order valence-electron chi connectivity index (χ4n) is 1.73. The van der Waals surface area contributed by atoms with E-state index in [9.17, 15) is 22.8 Å². The third kappa shape index (κ3) is 6.23. The summed E-state index contributed by atoms with van der Waals surface area (Å²) >= 11 is 0. The third-order valence-corrected chi connectivity index (χ3v) is 3.86. The highest BCUT2D eigenvalue weighted by Crippen LogP contribution is 2.29. The van der Waals surface area contributed by atoms with Crippen LogP contribution >= 0.6 is 0 Å². The van der Waals surface area contributed by atoms with Crippen LogP contribution < -0.4 is 0 Å². The lowest BCUT2D eigenvalue weighted by atomic mass is 9.92. The summed E-state index contributed by atoms with van der Waals surface area (Å²) in [7, 11) is 0. The minimum absolute atomic E-state index is 0.321. The van der Waals surface area contributed by atoms with Gasteiger partial charge in [-0.2, -0.15) is 13.2 Å². The van der Waals surface area contributed by atoms with Gasteiger partial charge >= 0.3 is 18.1 Å². The van der Waals surface area contributed by atoms with Gasteiger partial charge < -0.3 is 9.47 Å². The van der Waals surface area contributed by atoms with Crippen LogP contribution in [0.5, 0.6) is 0 Å². The summed E-state index contributed by atoms with van der Waals surface area (Å²) in [5.41, 5.74) is -1.12. The number of esters is 2. The molecule has 0 rings (SSSR count). The van der Waals surface area contributed by atoms with E-state index in [4.69, 9.17) is 4.74 Å². The molecule has 0 N–H and O–H groups in total. The van der Waals surface area contributed by atoms with Gasteiger partial charge in [0.2, 0.25) is 0 Å². The molecule has 0 fully saturated rings. The summed E-state index contributed by atoms with van der Waals surface area (Å²) < 4.78 is 47.0. The van der Waals surface area contributed by atoms with Gasteiger partial charge in [-0.25, -0.2) is 0 Å². The number of carbonyl (C=O) groups is 2. The predicted molar refractivity (Wildman–Crippen MR) is 75.1 cm³/mol. The van der Waals surface area contributed by atoms with Crippen molar-refractivity contribution in [2.75, 3.05) is 0 Å². The van der Waals surface area contributed by atoms with E-state index in [1.165, 1.54) is 0 Å². The second-order valence-corrected chi connectivity index (χ2v) is 5.47. The highest BCUT2D eigenvalue weighted by Gasteiger charge is 2.41. The SMILES string of the molecule is CCC(C)C(=O)OC(CC)(CC)CC(=O)OC(C)C(F)(F)F. The van der Waals surface area contributed by atoms with Crippen LogP contribution in [0.4, 0.5) is 13.2 Å². The summed E-state index contributed by atoms with van der Waals surface area (Å²) in [6.07, 6.45) is -5.95. The van der Waals surface area contributed by atoms with Gasteiger partial charge in [0.1, 0.15) is 5.60 Å². The van der Waals surface area contributed by atoms with Gasteiger partial charge in [-0.1, -0.05) is 27.7 Å². The van der Waals surface area contributed by atoms with E-state index >= 15 is 0 Å². The molecule has 2 atom stereocenters. The van der Waals surface area contributed by atoms with Crippen molar-refractivity contribution < 1.29 is 32.2 Å². The maximum absolute atomic E-state index is 12.4. The Morgan fingerprint density at radius 3 is 1.91 bits per heavy atom. The van der Waals surface area contributed by atoms with E-state index in [0.717, 1.165) is 6.92 Å². The van der Waals surface area contributed by atoms with E-state index in [0.29, 0.717) is 19.3 Å². The second kappa shape index (κ2) is 8.39. The molecule has 0 saturated carbocycles. The lowest BCUT2D eigenvalue weighted by Crippen LogP contribution is -2.40. The lowest BCUT2D eigenvalue weighted by Gasteiger charge is -2.32. The van der Waals surface area contributed by atoms with E-state index in [1.54, 1.807) is 20.8 Å². The van der Waals surface area contributed by atoms with E-state index in [2.05, 4.69) is 4.74 Å². The van der Waals surface area contributed by atoms with Crippen LogP contribution in [0.2, 0.25) is 0 Å². The maximum Gasteiger partial charge on any atom is 0.425 e. The van der Waals surface area contributed by atoms with Gasteiger partial charge in [0, 0.05) is 0 Å². The molecule has 7 heteroatoms. The first-order valence-electron chi connectivity index (χ1n) is 7.50. The quantitative estimate of drug-likeness (QED) is 0.632. The van der Waals surface area contributed by atoms with Gasteiger partial charge in [-0.3, -0.25) is 9.59 Å². The first kappa shape index (κ1) is 20.7. The third-order valence-electron chi connectivity index (χ3n) is 3.86. The van der Waals surface area contributed by atoms with Gasteiger partial charge in [-0.15, -0.1) is 0 Å². The van der Waals surface area contributed by atoms with Gasteiger partial charge in [0.15, 0.2) is 6.10 Å². The van der Waals surface area contributed by atoms with Crippen molar-refractivity contribution in [1.29, 1.82) is 0 Å². The fraction of sp³-hybridized carbons (Fsp3) is 0.867. The zero-order valence-electron chi connectivity index (χ0n) is 13.8. The maximum atomic E-state index is 12.4. The van der Waals surface area contributed by atoms with Gasteiger partial charge in [-0.05, 0) is 26.2 Å². The molecule has 0 spiro atoms. The van der Waals surface area contributed by atoms with Crippen LogP contribution in [-0.4, -0.2) is 29.8 Å². The Morgan fingerprint density at radius 2 is 1.55 bits per heavy atom. The standard InChI is InChI=1S/C15H25F3O4/c1-6-10(4)13(20)22-14(7-2,8-3)9-12(19)21-11(5)15(16,17)18/h10-11H,6-9H2,1-5H3. The van der Waals surface area contributed by atoms with Crippen LogP contribution in [-0.2, 0) is 19.1 Å². The van der Waals surface area contributed by atoms with E-state index in [-0.39, 0.29) is 12.3 Å². The molecule has 0 heterocycles. The lowest BCUT2D eigenvalue weighted by molar-refractivity contribution is -0.219. The van der Waals surface area contributed by atoms with Crippen molar-refractivity contribution >= 4 is 11.9 Å². The van der Waals surface area contributed by atoms with Crippen LogP contribution in [0.1, 0.15) is 60.3 Å². The average molecular weight is 326 g/mol. The summed E-state index contributed by atoms with van der Waals surface area (Å²) in [4.78, 5) is 23.7. The van der Waals surface area contributed by atoms with Gasteiger partial charge in [0.05, 0.1) is 12.3 Å². The zero-order valence-corrected chi connectivity index (χ0v) is 13.8. The molecule has 0 aliphatic heterocycles. The molecule has 130 valence electrons.